The van der Waals surface area contributed by atoms with Crippen LogP contribution in [0.1, 0.15) is 28.7 Å². The summed E-state index contributed by atoms with van der Waals surface area (Å²) in [6.45, 7) is 6.93. The largest absolute Gasteiger partial charge is 0.504 e. The van der Waals surface area contributed by atoms with E-state index in [9.17, 15) is 5.11 Å². The second-order valence-corrected chi connectivity index (χ2v) is 6.87. The summed E-state index contributed by atoms with van der Waals surface area (Å²) in [5.41, 5.74) is 0.849. The van der Waals surface area contributed by atoms with Crippen LogP contribution < -0.4 is 4.74 Å². The molecule has 0 aliphatic rings. The molecular weight excluding hydrogens is 310 g/mol. The Hall–Kier alpha value is -1.56. The van der Waals surface area contributed by atoms with Crippen molar-refractivity contribution in [3.05, 3.63) is 45.6 Å². The fourth-order valence-corrected chi connectivity index (χ4v) is 3.44. The minimum atomic E-state index is 0.172. The van der Waals surface area contributed by atoms with E-state index in [1.54, 1.807) is 17.4 Å². The topological polar surface area (TPSA) is 52.9 Å². The molecule has 1 aromatic heterocycles. The Morgan fingerprint density at radius 1 is 1.17 bits per heavy atom. The third-order valence-electron chi connectivity index (χ3n) is 3.58. The second kappa shape index (κ2) is 8.91. The van der Waals surface area contributed by atoms with Crippen molar-refractivity contribution in [1.82, 2.24) is 4.90 Å². The zero-order valence-electron chi connectivity index (χ0n) is 13.8. The zero-order valence-corrected chi connectivity index (χ0v) is 14.6. The van der Waals surface area contributed by atoms with Crippen molar-refractivity contribution in [2.24, 2.45) is 0 Å². The predicted octanol–water partition coefficient (Wildman–Crippen LogP) is 3.55. The molecule has 2 aromatic rings. The third-order valence-corrected chi connectivity index (χ3v) is 4.57. The third kappa shape index (κ3) is 5.23. The van der Waals surface area contributed by atoms with Gasteiger partial charge in [0, 0.05) is 41.6 Å². The van der Waals surface area contributed by atoms with E-state index in [1.807, 2.05) is 19.1 Å². The van der Waals surface area contributed by atoms with E-state index in [-0.39, 0.29) is 12.4 Å². The van der Waals surface area contributed by atoms with Crippen molar-refractivity contribution >= 4 is 11.3 Å². The van der Waals surface area contributed by atoms with Gasteiger partial charge in [-0.25, -0.2) is 0 Å². The van der Waals surface area contributed by atoms with Crippen LogP contribution in [0, 0.1) is 6.92 Å². The number of para-hydroxylation sites is 1. The molecular formula is C18H25NO3S. The number of phenols is 1. The maximum absolute atomic E-state index is 10.4. The molecule has 2 N–H and O–H groups in total. The molecule has 0 aliphatic heterocycles. The first-order chi connectivity index (χ1) is 11.1. The van der Waals surface area contributed by atoms with E-state index >= 15 is 0 Å². The Morgan fingerprint density at radius 3 is 2.65 bits per heavy atom. The fraction of sp³-hybridized carbons (Fsp3) is 0.444. The van der Waals surface area contributed by atoms with Crippen molar-refractivity contribution in [3.8, 4) is 11.5 Å². The quantitative estimate of drug-likeness (QED) is 0.736. The molecule has 0 spiro atoms. The minimum Gasteiger partial charge on any atom is -0.504 e. The Kier molecular flexibility index (Phi) is 6.89. The van der Waals surface area contributed by atoms with Gasteiger partial charge in [0.15, 0.2) is 11.5 Å². The number of phenolic OH excluding ortho intramolecular Hbond substituents is 1. The SMILES string of the molecule is CCOc1cccc(CN(CCCO)Cc2ccc(C)s2)c1O. The Morgan fingerprint density at radius 2 is 2.00 bits per heavy atom. The first-order valence-electron chi connectivity index (χ1n) is 7.96. The highest BCUT2D eigenvalue weighted by molar-refractivity contribution is 7.11. The van der Waals surface area contributed by atoms with E-state index in [1.165, 1.54) is 9.75 Å². The number of ether oxygens (including phenoxy) is 1. The number of nitrogens with zero attached hydrogens (tertiary/aromatic N) is 1. The maximum atomic E-state index is 10.4. The molecule has 0 unspecified atom stereocenters. The average molecular weight is 335 g/mol. The molecule has 23 heavy (non-hydrogen) atoms. The molecule has 0 atom stereocenters. The summed E-state index contributed by atoms with van der Waals surface area (Å²) in [6, 6.07) is 9.87. The average Bonchev–Trinajstić information content (AvgIpc) is 2.94. The number of aryl methyl sites for hydroxylation is 1. The standard InChI is InChI=1S/C18H25NO3S/c1-3-22-17-7-4-6-15(18(17)21)12-19(10-5-11-20)13-16-9-8-14(2)23-16/h4,6-9,20-21H,3,5,10-13H2,1-2H3. The molecule has 0 amide bonds. The number of hydrogen-bond acceptors (Lipinski definition) is 5. The van der Waals surface area contributed by atoms with Gasteiger partial charge in [0.25, 0.3) is 0 Å². The van der Waals surface area contributed by atoms with Gasteiger partial charge in [-0.1, -0.05) is 12.1 Å². The number of aromatic hydroxyl groups is 1. The number of hydrogen-bond donors (Lipinski definition) is 2. The summed E-state index contributed by atoms with van der Waals surface area (Å²) in [5, 5.41) is 19.5. The van der Waals surface area contributed by atoms with Crippen LogP contribution in [-0.4, -0.2) is 34.9 Å². The lowest BCUT2D eigenvalue weighted by Crippen LogP contribution is -2.24. The van der Waals surface area contributed by atoms with Crippen molar-refractivity contribution in [2.45, 2.75) is 33.4 Å². The van der Waals surface area contributed by atoms with Crippen LogP contribution in [0.5, 0.6) is 11.5 Å². The molecule has 4 nitrogen and oxygen atoms in total. The smallest absolute Gasteiger partial charge is 0.162 e. The van der Waals surface area contributed by atoms with E-state index in [2.05, 4.69) is 24.0 Å². The van der Waals surface area contributed by atoms with Crippen LogP contribution in [0.25, 0.3) is 0 Å². The number of aliphatic hydroxyl groups is 1. The number of aliphatic hydroxyl groups excluding tert-OH is 1. The van der Waals surface area contributed by atoms with Gasteiger partial charge < -0.3 is 14.9 Å². The molecule has 1 aromatic carbocycles. The van der Waals surface area contributed by atoms with Gasteiger partial charge >= 0.3 is 0 Å². The lowest BCUT2D eigenvalue weighted by atomic mass is 10.1. The van der Waals surface area contributed by atoms with Crippen LogP contribution in [0.4, 0.5) is 0 Å². The summed E-state index contributed by atoms with van der Waals surface area (Å²) in [7, 11) is 0. The molecule has 0 radical (unpaired) electrons. The van der Waals surface area contributed by atoms with Gasteiger partial charge in [0.05, 0.1) is 6.61 Å². The molecule has 126 valence electrons. The van der Waals surface area contributed by atoms with Gasteiger partial charge in [-0.3, -0.25) is 4.90 Å². The van der Waals surface area contributed by atoms with Gasteiger partial charge in [-0.2, -0.15) is 0 Å². The van der Waals surface area contributed by atoms with Crippen LogP contribution in [0.15, 0.2) is 30.3 Å². The first-order valence-corrected chi connectivity index (χ1v) is 8.77. The Balaban J connectivity index is 2.12. The Labute approximate surface area is 142 Å². The highest BCUT2D eigenvalue weighted by Crippen LogP contribution is 2.31. The van der Waals surface area contributed by atoms with Crippen molar-refractivity contribution in [2.75, 3.05) is 19.8 Å². The van der Waals surface area contributed by atoms with Gasteiger partial charge in [-0.15, -0.1) is 11.3 Å². The molecule has 5 heteroatoms. The Bertz CT molecular complexity index is 612. The van der Waals surface area contributed by atoms with Gasteiger partial charge in [0.1, 0.15) is 0 Å². The van der Waals surface area contributed by atoms with Gasteiger partial charge in [0.2, 0.25) is 0 Å². The fourth-order valence-electron chi connectivity index (χ4n) is 2.51. The maximum Gasteiger partial charge on any atom is 0.162 e. The summed E-state index contributed by atoms with van der Waals surface area (Å²) in [5.74, 6) is 0.741. The van der Waals surface area contributed by atoms with E-state index in [0.29, 0.717) is 18.9 Å². The van der Waals surface area contributed by atoms with Crippen LogP contribution in [0.3, 0.4) is 0 Å². The van der Waals surface area contributed by atoms with Crippen molar-refractivity contribution < 1.29 is 14.9 Å². The number of thiophene rings is 1. The van der Waals surface area contributed by atoms with Gasteiger partial charge in [-0.05, 0) is 38.5 Å². The molecule has 0 bridgehead atoms. The summed E-state index contributed by atoms with van der Waals surface area (Å²) < 4.78 is 5.46. The van der Waals surface area contributed by atoms with Crippen LogP contribution in [0.2, 0.25) is 0 Å². The van der Waals surface area contributed by atoms with E-state index in [0.717, 1.165) is 25.1 Å². The number of benzene rings is 1. The molecule has 0 fully saturated rings. The lowest BCUT2D eigenvalue weighted by molar-refractivity contribution is 0.211. The van der Waals surface area contributed by atoms with Crippen molar-refractivity contribution in [1.29, 1.82) is 0 Å². The monoisotopic (exact) mass is 335 g/mol. The molecule has 1 heterocycles. The summed E-state index contributed by atoms with van der Waals surface area (Å²) >= 11 is 1.78. The molecule has 0 aliphatic carbocycles. The zero-order chi connectivity index (χ0) is 16.7. The van der Waals surface area contributed by atoms with Crippen molar-refractivity contribution in [3.63, 3.8) is 0 Å². The van der Waals surface area contributed by atoms with Crippen LogP contribution in [-0.2, 0) is 13.1 Å². The summed E-state index contributed by atoms with van der Waals surface area (Å²) in [6.07, 6.45) is 0.719. The molecule has 2 rings (SSSR count). The van der Waals surface area contributed by atoms with E-state index < -0.39 is 0 Å². The highest BCUT2D eigenvalue weighted by Gasteiger charge is 2.13. The molecule has 0 saturated carbocycles. The molecule has 0 saturated heterocycles. The minimum absolute atomic E-state index is 0.172. The number of rotatable bonds is 9. The second-order valence-electron chi connectivity index (χ2n) is 5.50. The first kappa shape index (κ1) is 17.8. The van der Waals surface area contributed by atoms with Crippen LogP contribution >= 0.6 is 11.3 Å². The normalized spacial score (nSPS) is 11.1. The van der Waals surface area contributed by atoms with E-state index in [4.69, 9.17) is 9.84 Å². The lowest BCUT2D eigenvalue weighted by Gasteiger charge is -2.22. The predicted molar refractivity (Wildman–Crippen MR) is 94.1 cm³/mol. The summed E-state index contributed by atoms with van der Waals surface area (Å²) in [4.78, 5) is 4.83. The highest BCUT2D eigenvalue weighted by atomic mass is 32.1.